The van der Waals surface area contributed by atoms with E-state index in [1.54, 1.807) is 28.2 Å². The average Bonchev–Trinajstić information content (AvgIpc) is 3.17. The van der Waals surface area contributed by atoms with Gasteiger partial charge in [0.25, 0.3) is 0 Å². The van der Waals surface area contributed by atoms with Gasteiger partial charge in [0.15, 0.2) is 0 Å². The molecule has 1 saturated heterocycles. The van der Waals surface area contributed by atoms with Gasteiger partial charge < -0.3 is 15.3 Å². The van der Waals surface area contributed by atoms with Crippen LogP contribution < -0.4 is 5.32 Å². The number of hydrogen-bond donors (Lipinski definition) is 2. The molecule has 0 aliphatic carbocycles. The maximum absolute atomic E-state index is 12.3. The highest BCUT2D eigenvalue weighted by Crippen LogP contribution is 2.19. The van der Waals surface area contributed by atoms with Crippen molar-refractivity contribution in [2.45, 2.75) is 25.3 Å². The van der Waals surface area contributed by atoms with Gasteiger partial charge in [-0.2, -0.15) is 5.10 Å². The summed E-state index contributed by atoms with van der Waals surface area (Å²) in [4.78, 5) is 18.1. The Morgan fingerprint density at radius 3 is 3.19 bits per heavy atom. The molecule has 112 valence electrons. The highest BCUT2D eigenvalue weighted by molar-refractivity contribution is 7.12. The van der Waals surface area contributed by atoms with Crippen molar-refractivity contribution >= 4 is 23.1 Å². The van der Waals surface area contributed by atoms with E-state index in [-0.39, 0.29) is 18.7 Å². The molecule has 1 aliphatic heterocycles. The Kier molecular flexibility index (Phi) is 4.16. The van der Waals surface area contributed by atoms with E-state index in [9.17, 15) is 9.90 Å². The molecular formula is C13H17N5O2S. The normalized spacial score (nSPS) is 18.7. The molecule has 0 bridgehead atoms. The number of carbonyl (C=O) groups is 1. The van der Waals surface area contributed by atoms with E-state index in [1.165, 1.54) is 11.3 Å². The van der Waals surface area contributed by atoms with Crippen LogP contribution in [0, 0.1) is 0 Å². The third-order valence-corrected chi connectivity index (χ3v) is 4.31. The molecule has 0 spiro atoms. The lowest BCUT2D eigenvalue weighted by molar-refractivity contribution is 0.115. The van der Waals surface area contributed by atoms with Crippen LogP contribution in [0.15, 0.2) is 24.0 Å². The molecule has 1 atom stereocenters. The molecule has 0 unspecified atom stereocenters. The van der Waals surface area contributed by atoms with Gasteiger partial charge in [0.2, 0.25) is 5.13 Å². The number of aliphatic hydroxyl groups excluding tert-OH is 1. The summed E-state index contributed by atoms with van der Waals surface area (Å²) in [5, 5.41) is 19.0. The number of amides is 2. The lowest BCUT2D eigenvalue weighted by Crippen LogP contribution is -2.47. The maximum Gasteiger partial charge on any atom is 0.322 e. The molecule has 0 aromatic carbocycles. The van der Waals surface area contributed by atoms with Crippen molar-refractivity contribution in [3.8, 4) is 5.13 Å². The summed E-state index contributed by atoms with van der Waals surface area (Å²) in [6, 6.07) is -0.278. The number of likely N-dealkylation sites (tertiary alicyclic amines) is 1. The first-order valence-electron chi connectivity index (χ1n) is 6.91. The van der Waals surface area contributed by atoms with E-state index >= 15 is 0 Å². The van der Waals surface area contributed by atoms with Crippen LogP contribution in [0.3, 0.4) is 0 Å². The smallest absolute Gasteiger partial charge is 0.322 e. The van der Waals surface area contributed by atoms with Crippen molar-refractivity contribution in [3.05, 3.63) is 24.0 Å². The van der Waals surface area contributed by atoms with E-state index in [4.69, 9.17) is 0 Å². The van der Waals surface area contributed by atoms with Crippen LogP contribution >= 0.6 is 11.3 Å². The number of nitrogens with one attached hydrogen (secondary N) is 1. The second-order valence-corrected chi connectivity index (χ2v) is 5.82. The van der Waals surface area contributed by atoms with Gasteiger partial charge in [-0.05, 0) is 19.3 Å². The number of carbonyl (C=O) groups excluding carboxylic acids is 1. The van der Waals surface area contributed by atoms with E-state index < -0.39 is 0 Å². The zero-order chi connectivity index (χ0) is 14.7. The Bertz CT molecular complexity index is 597. The van der Waals surface area contributed by atoms with Gasteiger partial charge in [0.05, 0.1) is 30.7 Å². The van der Waals surface area contributed by atoms with Gasteiger partial charge >= 0.3 is 6.03 Å². The lowest BCUT2D eigenvalue weighted by Gasteiger charge is -2.34. The molecule has 3 heterocycles. The fourth-order valence-electron chi connectivity index (χ4n) is 2.47. The number of hydrogen-bond acceptors (Lipinski definition) is 5. The van der Waals surface area contributed by atoms with Gasteiger partial charge in [0.1, 0.15) is 0 Å². The highest BCUT2D eigenvalue weighted by Gasteiger charge is 2.26. The van der Waals surface area contributed by atoms with E-state index in [0.29, 0.717) is 12.2 Å². The molecule has 0 saturated carbocycles. The van der Waals surface area contributed by atoms with Crippen molar-refractivity contribution in [3.63, 3.8) is 0 Å². The quantitative estimate of drug-likeness (QED) is 0.904. The molecule has 21 heavy (non-hydrogen) atoms. The minimum absolute atomic E-state index is 0.00575. The number of aliphatic hydroxyl groups is 1. The van der Waals surface area contributed by atoms with Gasteiger partial charge in [-0.15, -0.1) is 11.3 Å². The fraction of sp³-hybridized carbons (Fsp3) is 0.462. The Labute approximate surface area is 126 Å². The van der Waals surface area contributed by atoms with E-state index in [2.05, 4.69) is 15.4 Å². The average molecular weight is 307 g/mol. The predicted molar refractivity (Wildman–Crippen MR) is 79.7 cm³/mol. The van der Waals surface area contributed by atoms with Crippen LogP contribution in [0.25, 0.3) is 5.13 Å². The summed E-state index contributed by atoms with van der Waals surface area (Å²) in [7, 11) is 0. The molecule has 0 radical (unpaired) electrons. The summed E-state index contributed by atoms with van der Waals surface area (Å²) in [6.07, 6.45) is 7.91. The van der Waals surface area contributed by atoms with E-state index in [1.807, 2.05) is 5.38 Å². The molecule has 2 amide bonds. The number of anilines is 1. The Balaban J connectivity index is 1.67. The highest BCUT2D eigenvalue weighted by atomic mass is 32.1. The van der Waals surface area contributed by atoms with Gasteiger partial charge in [-0.25, -0.2) is 14.5 Å². The van der Waals surface area contributed by atoms with Crippen LogP contribution in [-0.2, 0) is 0 Å². The van der Waals surface area contributed by atoms with Crippen LogP contribution in [0.1, 0.15) is 19.3 Å². The zero-order valence-corrected chi connectivity index (χ0v) is 12.3. The second kappa shape index (κ2) is 6.23. The monoisotopic (exact) mass is 307 g/mol. The van der Waals surface area contributed by atoms with Gasteiger partial charge in [-0.3, -0.25) is 0 Å². The van der Waals surface area contributed by atoms with Crippen LogP contribution in [0.4, 0.5) is 10.5 Å². The molecular weight excluding hydrogens is 290 g/mol. The number of aromatic nitrogens is 3. The minimum Gasteiger partial charge on any atom is -0.394 e. The first kappa shape index (κ1) is 14.0. The van der Waals surface area contributed by atoms with Crippen LogP contribution in [-0.4, -0.2) is 50.0 Å². The van der Waals surface area contributed by atoms with Crippen molar-refractivity contribution in [1.82, 2.24) is 19.7 Å². The molecule has 8 heteroatoms. The Hall–Kier alpha value is -1.93. The standard InChI is InChI=1S/C13H17N5O2S/c19-9-11-3-1-2-5-17(11)12(20)16-10-7-15-18(8-10)13-14-4-6-21-13/h4,6-8,11,19H,1-3,5,9H2,(H,16,20)/t11-/m1/s1. The first-order valence-corrected chi connectivity index (χ1v) is 7.79. The summed E-state index contributed by atoms with van der Waals surface area (Å²) in [5.74, 6) is 0. The molecule has 2 aromatic rings. The molecule has 3 rings (SSSR count). The Morgan fingerprint density at radius 1 is 1.52 bits per heavy atom. The summed E-state index contributed by atoms with van der Waals surface area (Å²) < 4.78 is 1.63. The molecule has 7 nitrogen and oxygen atoms in total. The van der Waals surface area contributed by atoms with E-state index in [0.717, 1.165) is 24.4 Å². The van der Waals surface area contributed by atoms with Crippen molar-refractivity contribution in [1.29, 1.82) is 0 Å². The summed E-state index contributed by atoms with van der Waals surface area (Å²) >= 11 is 1.47. The third kappa shape index (κ3) is 3.06. The predicted octanol–water partition coefficient (Wildman–Crippen LogP) is 1.71. The Morgan fingerprint density at radius 2 is 2.43 bits per heavy atom. The number of piperidine rings is 1. The van der Waals surface area contributed by atoms with Crippen LogP contribution in [0.5, 0.6) is 0 Å². The zero-order valence-electron chi connectivity index (χ0n) is 11.5. The lowest BCUT2D eigenvalue weighted by atomic mass is 10.0. The third-order valence-electron chi connectivity index (χ3n) is 3.55. The summed E-state index contributed by atoms with van der Waals surface area (Å²) in [6.45, 7) is 0.684. The maximum atomic E-state index is 12.3. The number of thiazole rings is 1. The molecule has 2 aromatic heterocycles. The van der Waals surface area contributed by atoms with Crippen molar-refractivity contribution < 1.29 is 9.90 Å². The second-order valence-electron chi connectivity index (χ2n) is 4.94. The molecule has 1 fully saturated rings. The van der Waals surface area contributed by atoms with Crippen molar-refractivity contribution in [2.75, 3.05) is 18.5 Å². The SMILES string of the molecule is O=C(Nc1cnn(-c2nccs2)c1)N1CCCC[C@@H]1CO. The number of rotatable bonds is 3. The summed E-state index contributed by atoms with van der Waals surface area (Å²) in [5.41, 5.74) is 0.623. The number of nitrogens with zero attached hydrogens (tertiary/aromatic N) is 4. The van der Waals surface area contributed by atoms with Gasteiger partial charge in [-0.1, -0.05) is 0 Å². The topological polar surface area (TPSA) is 83.3 Å². The van der Waals surface area contributed by atoms with Crippen LogP contribution in [0.2, 0.25) is 0 Å². The van der Waals surface area contributed by atoms with Crippen molar-refractivity contribution in [2.24, 2.45) is 0 Å². The van der Waals surface area contributed by atoms with Gasteiger partial charge in [0, 0.05) is 18.1 Å². The fourth-order valence-corrected chi connectivity index (χ4v) is 3.05. The number of urea groups is 1. The minimum atomic E-state index is -0.188. The largest absolute Gasteiger partial charge is 0.394 e. The molecule has 1 aliphatic rings. The molecule has 2 N–H and O–H groups in total. The first-order chi connectivity index (χ1) is 10.3.